The highest BCUT2D eigenvalue weighted by molar-refractivity contribution is 7.33. The molecule has 8 rings (SSSR count). The molecule has 2 fully saturated rings. The molecule has 17 nitrogen and oxygen atoms in total. The van der Waals surface area contributed by atoms with E-state index in [1.54, 1.807) is 44.4 Å². The number of nitrogens with one attached hydrogen (secondary N) is 2. The first kappa shape index (κ1) is 45.0. The molecule has 4 heterocycles. The van der Waals surface area contributed by atoms with Crippen LogP contribution in [0.4, 0.5) is 0 Å². The summed E-state index contributed by atoms with van der Waals surface area (Å²) in [6, 6.07) is 34.9. The van der Waals surface area contributed by atoms with Gasteiger partial charge in [0.05, 0.1) is 19.3 Å². The lowest BCUT2D eigenvalue weighted by molar-refractivity contribution is -0.0930. The predicted molar refractivity (Wildman–Crippen MR) is 235 cm³/mol. The quantitative estimate of drug-likeness (QED) is 0.0692. The Morgan fingerprint density at radius 1 is 0.692 bits per heavy atom. The van der Waals surface area contributed by atoms with Crippen LogP contribution in [0.25, 0.3) is 0 Å². The zero-order valence-corrected chi connectivity index (χ0v) is 36.5. The molecular formula is C47H46N4O13P+. The lowest BCUT2D eigenvalue weighted by Crippen LogP contribution is -2.38. The third kappa shape index (κ3) is 9.61. The Morgan fingerprint density at radius 2 is 1.18 bits per heavy atom. The fourth-order valence-corrected chi connectivity index (χ4v) is 8.92. The fraction of sp³-hybridized carbons (Fsp3) is 0.298. The Balaban J connectivity index is 1.08. The molecule has 2 N–H and O–H groups in total. The van der Waals surface area contributed by atoms with Crippen molar-refractivity contribution < 1.29 is 42.1 Å². The molecule has 2 aliphatic heterocycles. The van der Waals surface area contributed by atoms with Gasteiger partial charge in [0, 0.05) is 46.5 Å². The van der Waals surface area contributed by atoms with Gasteiger partial charge in [-0.1, -0.05) is 97.1 Å². The first-order chi connectivity index (χ1) is 31.4. The predicted octanol–water partition coefficient (Wildman–Crippen LogP) is 5.58. The number of H-pyrrole nitrogens is 2. The summed E-state index contributed by atoms with van der Waals surface area (Å²) in [4.78, 5) is 68.3. The summed E-state index contributed by atoms with van der Waals surface area (Å²) in [7, 11) is -1.40. The van der Waals surface area contributed by atoms with Crippen LogP contribution >= 0.6 is 8.25 Å². The van der Waals surface area contributed by atoms with Gasteiger partial charge in [-0.05, 0) is 43.2 Å². The number of nitrogens with zero attached hydrogens (tertiary/aromatic N) is 2. The van der Waals surface area contributed by atoms with E-state index in [4.69, 9.17) is 32.7 Å². The van der Waals surface area contributed by atoms with E-state index < -0.39 is 85.8 Å². The van der Waals surface area contributed by atoms with Crippen LogP contribution in [0.1, 0.15) is 63.5 Å². The molecule has 18 heteroatoms. The molecule has 336 valence electrons. The molecule has 0 amide bonds. The number of rotatable bonds is 16. The zero-order chi connectivity index (χ0) is 45.7. The van der Waals surface area contributed by atoms with E-state index in [9.17, 15) is 28.5 Å². The Labute approximate surface area is 372 Å². The van der Waals surface area contributed by atoms with E-state index >= 15 is 0 Å². The fourth-order valence-electron chi connectivity index (χ4n) is 8.14. The summed E-state index contributed by atoms with van der Waals surface area (Å²) in [5.41, 5.74) is -0.840. The minimum absolute atomic E-state index is 0.00268. The molecule has 4 aromatic carbocycles. The average Bonchev–Trinajstić information content (AvgIpc) is 3.92. The number of ether oxygens (including phenoxy) is 5. The molecular weight excluding hydrogens is 860 g/mol. The Hall–Kier alpha value is -6.59. The van der Waals surface area contributed by atoms with E-state index in [1.165, 1.54) is 28.5 Å². The minimum Gasteiger partial charge on any atom is -0.496 e. The van der Waals surface area contributed by atoms with Crippen LogP contribution in [0.15, 0.2) is 147 Å². The summed E-state index contributed by atoms with van der Waals surface area (Å²) >= 11 is 0. The van der Waals surface area contributed by atoms with Gasteiger partial charge >= 0.3 is 25.6 Å². The smallest absolute Gasteiger partial charge is 0.496 e. The van der Waals surface area contributed by atoms with Crippen LogP contribution < -0.4 is 27.2 Å². The lowest BCUT2D eigenvalue weighted by Gasteiger charge is -2.37. The zero-order valence-electron chi connectivity index (χ0n) is 35.6. The van der Waals surface area contributed by atoms with Crippen LogP contribution in [-0.4, -0.2) is 69.8 Å². The second kappa shape index (κ2) is 19.7. The van der Waals surface area contributed by atoms with Gasteiger partial charge in [-0.25, -0.2) is 14.4 Å². The van der Waals surface area contributed by atoms with Crippen molar-refractivity contribution in [2.75, 3.05) is 20.3 Å². The molecule has 7 atom stereocenters. The summed E-state index contributed by atoms with van der Waals surface area (Å²) in [6.07, 6.45) is -3.28. The largest absolute Gasteiger partial charge is 0.697 e. The van der Waals surface area contributed by atoms with Crippen molar-refractivity contribution in [1.82, 2.24) is 19.1 Å². The number of aryl methyl sites for hydroxylation is 2. The third-order valence-corrected chi connectivity index (χ3v) is 12.2. The van der Waals surface area contributed by atoms with Crippen molar-refractivity contribution in [2.45, 2.75) is 69.2 Å². The standard InChI is InChI=1S/C47H45N4O13P/c1-29-25-50(45(55)48-42(29)52)40-23-36(63-44(54)31-15-7-4-8-16-31)39(62-40)28-60-65(57)64-37-24-41(51-26-30(2)43(53)49-46(51)56)61-38(37)27-59-47(32-17-9-5-10-18-32,33-19-11-6-12-20-33)34-21-13-14-22-35(34)58-3/h4-22,25-26,36-41H,23-24,27-28H2,1-3H3,(H-,48,49,52,53,55,56)/p+1/t36-,37-,38+,39+,40+,41+/m0/s1. The molecule has 6 aromatic rings. The number of carbonyl (C=O) groups excluding carboxylic acids is 1. The van der Waals surface area contributed by atoms with Crippen molar-refractivity contribution in [3.05, 3.63) is 203 Å². The summed E-state index contributed by atoms with van der Waals surface area (Å²) in [5, 5.41) is 0. The molecule has 0 saturated carbocycles. The van der Waals surface area contributed by atoms with Crippen LogP contribution in [0.2, 0.25) is 0 Å². The maximum atomic E-state index is 13.9. The number of hydrogen-bond acceptors (Lipinski definition) is 13. The van der Waals surface area contributed by atoms with Gasteiger partial charge in [-0.3, -0.25) is 28.7 Å². The SMILES string of the molecule is COc1ccccc1C(OC[C@H]1O[C@@H](n2cc(C)c(=O)[nH]c2=O)C[C@@H]1O[P+](=O)OC[C@H]1O[C@@H](n2cc(C)c(=O)[nH]c2=O)C[C@@H]1OC(=O)c1ccccc1)(c1ccccc1)c1ccccc1. The van der Waals surface area contributed by atoms with Crippen molar-refractivity contribution in [2.24, 2.45) is 0 Å². The molecule has 0 aliphatic carbocycles. The first-order valence-electron chi connectivity index (χ1n) is 20.8. The van der Waals surface area contributed by atoms with E-state index in [1.807, 2.05) is 84.9 Å². The van der Waals surface area contributed by atoms with Gasteiger partial charge in [0.25, 0.3) is 11.1 Å². The van der Waals surface area contributed by atoms with Crippen LogP contribution in [0.3, 0.4) is 0 Å². The monoisotopic (exact) mass is 905 g/mol. The number of esters is 1. The molecule has 2 aromatic heterocycles. The number of para-hydroxylation sites is 1. The summed E-state index contributed by atoms with van der Waals surface area (Å²) in [5.74, 6) is -0.106. The lowest BCUT2D eigenvalue weighted by atomic mass is 9.79. The highest BCUT2D eigenvalue weighted by atomic mass is 31.1. The second-order valence-electron chi connectivity index (χ2n) is 15.6. The number of hydrogen-bond donors (Lipinski definition) is 2. The minimum atomic E-state index is -2.97. The molecule has 2 aliphatic rings. The Morgan fingerprint density at radius 3 is 1.74 bits per heavy atom. The van der Waals surface area contributed by atoms with Crippen LogP contribution in [0.5, 0.6) is 5.75 Å². The van der Waals surface area contributed by atoms with E-state index in [0.29, 0.717) is 11.3 Å². The molecule has 65 heavy (non-hydrogen) atoms. The maximum Gasteiger partial charge on any atom is 0.697 e. The molecule has 1 unspecified atom stereocenters. The van der Waals surface area contributed by atoms with Gasteiger partial charge < -0.3 is 23.7 Å². The van der Waals surface area contributed by atoms with Gasteiger partial charge in [0.2, 0.25) is 0 Å². The van der Waals surface area contributed by atoms with Crippen LogP contribution in [-0.2, 0) is 38.2 Å². The highest BCUT2D eigenvalue weighted by Crippen LogP contribution is 2.46. The summed E-state index contributed by atoms with van der Waals surface area (Å²) in [6.45, 7) is 2.50. The molecule has 0 radical (unpaired) electrons. The van der Waals surface area contributed by atoms with Crippen molar-refractivity contribution in [3.8, 4) is 5.75 Å². The Bertz CT molecular complexity index is 2850. The number of benzene rings is 4. The number of methoxy groups -OCH3 is 1. The van der Waals surface area contributed by atoms with Gasteiger partial charge in [-0.2, -0.15) is 0 Å². The maximum absolute atomic E-state index is 13.9. The highest BCUT2D eigenvalue weighted by Gasteiger charge is 2.48. The van der Waals surface area contributed by atoms with Crippen molar-refractivity contribution in [3.63, 3.8) is 0 Å². The molecule has 2 saturated heterocycles. The number of aromatic nitrogens is 4. The second-order valence-corrected chi connectivity index (χ2v) is 16.5. The van der Waals surface area contributed by atoms with Crippen molar-refractivity contribution >= 4 is 14.2 Å². The molecule has 0 spiro atoms. The van der Waals surface area contributed by atoms with Gasteiger partial charge in [-0.15, -0.1) is 9.05 Å². The van der Waals surface area contributed by atoms with Gasteiger partial charge in [0.1, 0.15) is 54.8 Å². The van der Waals surface area contributed by atoms with Crippen molar-refractivity contribution in [1.29, 1.82) is 0 Å². The molecule has 0 bridgehead atoms. The summed E-state index contributed by atoms with van der Waals surface area (Å²) < 4.78 is 59.8. The number of carbonyl (C=O) groups is 1. The Kier molecular flexibility index (Phi) is 13.6. The van der Waals surface area contributed by atoms with E-state index in [0.717, 1.165) is 11.1 Å². The number of aromatic amines is 2. The van der Waals surface area contributed by atoms with E-state index in [2.05, 4.69) is 9.97 Å². The topological polar surface area (TPSA) is 208 Å². The average molecular weight is 906 g/mol. The normalized spacial score (nSPS) is 20.9. The van der Waals surface area contributed by atoms with Gasteiger partial charge in [0.15, 0.2) is 0 Å². The third-order valence-electron chi connectivity index (χ3n) is 11.4. The van der Waals surface area contributed by atoms with E-state index in [-0.39, 0.29) is 36.1 Å². The van der Waals surface area contributed by atoms with Crippen LogP contribution in [0, 0.1) is 13.8 Å². The first-order valence-corrected chi connectivity index (χ1v) is 21.9.